The van der Waals surface area contributed by atoms with Crippen LogP contribution >= 0.6 is 23.4 Å². The molecule has 72 valence electrons. The van der Waals surface area contributed by atoms with Gasteiger partial charge in [-0.2, -0.15) is 11.8 Å². The van der Waals surface area contributed by atoms with Gasteiger partial charge in [0, 0.05) is 17.4 Å². The number of thioether (sulfide) groups is 1. The Balaban J connectivity index is 2.07. The molecule has 0 aromatic heterocycles. The van der Waals surface area contributed by atoms with E-state index >= 15 is 0 Å². The lowest BCUT2D eigenvalue weighted by Crippen LogP contribution is -2.00. The van der Waals surface area contributed by atoms with E-state index in [0.717, 1.165) is 29.7 Å². The SMILES string of the molecule is ClCCSCCOc1ccccc1. The maximum Gasteiger partial charge on any atom is 0.119 e. The summed E-state index contributed by atoms with van der Waals surface area (Å²) in [6.45, 7) is 0.756. The van der Waals surface area contributed by atoms with E-state index in [4.69, 9.17) is 16.3 Å². The van der Waals surface area contributed by atoms with Crippen LogP contribution in [0.3, 0.4) is 0 Å². The topological polar surface area (TPSA) is 9.23 Å². The molecule has 0 bridgehead atoms. The lowest BCUT2D eigenvalue weighted by Gasteiger charge is -2.04. The average molecular weight is 217 g/mol. The summed E-state index contributed by atoms with van der Waals surface area (Å²) < 4.78 is 5.49. The fourth-order valence-electron chi connectivity index (χ4n) is 0.892. The number of ether oxygens (including phenoxy) is 1. The number of rotatable bonds is 6. The third-order valence-electron chi connectivity index (χ3n) is 1.46. The first kappa shape index (κ1) is 10.7. The second kappa shape index (κ2) is 7.10. The number of hydrogen-bond acceptors (Lipinski definition) is 2. The zero-order valence-corrected chi connectivity index (χ0v) is 8.98. The van der Waals surface area contributed by atoms with E-state index in [-0.39, 0.29) is 0 Å². The Hall–Kier alpha value is -0.340. The third kappa shape index (κ3) is 5.06. The maximum atomic E-state index is 5.54. The van der Waals surface area contributed by atoms with Gasteiger partial charge in [0.1, 0.15) is 5.75 Å². The molecule has 0 spiro atoms. The largest absolute Gasteiger partial charge is 0.493 e. The lowest BCUT2D eigenvalue weighted by molar-refractivity contribution is 0.344. The van der Waals surface area contributed by atoms with Gasteiger partial charge in [0.25, 0.3) is 0 Å². The van der Waals surface area contributed by atoms with E-state index in [1.165, 1.54) is 0 Å². The van der Waals surface area contributed by atoms with Crippen LogP contribution in [0.15, 0.2) is 30.3 Å². The van der Waals surface area contributed by atoms with Crippen LogP contribution in [0.4, 0.5) is 0 Å². The fraction of sp³-hybridized carbons (Fsp3) is 0.400. The molecule has 0 fully saturated rings. The van der Waals surface area contributed by atoms with Crippen LogP contribution in [-0.4, -0.2) is 24.0 Å². The van der Waals surface area contributed by atoms with Gasteiger partial charge in [-0.25, -0.2) is 0 Å². The van der Waals surface area contributed by atoms with E-state index in [0.29, 0.717) is 0 Å². The minimum absolute atomic E-state index is 0.718. The molecule has 0 aliphatic carbocycles. The number of hydrogen-bond donors (Lipinski definition) is 0. The van der Waals surface area contributed by atoms with Crippen molar-refractivity contribution in [1.29, 1.82) is 0 Å². The Morgan fingerprint density at radius 2 is 1.92 bits per heavy atom. The fourth-order valence-corrected chi connectivity index (χ4v) is 1.73. The molecule has 0 atom stereocenters. The van der Waals surface area contributed by atoms with E-state index in [1.807, 2.05) is 42.1 Å². The number of alkyl halides is 1. The van der Waals surface area contributed by atoms with Crippen molar-refractivity contribution in [2.75, 3.05) is 24.0 Å². The molecule has 0 amide bonds. The molecule has 13 heavy (non-hydrogen) atoms. The van der Waals surface area contributed by atoms with Crippen molar-refractivity contribution in [3.63, 3.8) is 0 Å². The molecule has 0 saturated heterocycles. The van der Waals surface area contributed by atoms with Gasteiger partial charge < -0.3 is 4.74 Å². The zero-order chi connectivity index (χ0) is 9.36. The quantitative estimate of drug-likeness (QED) is 0.534. The first-order chi connectivity index (χ1) is 6.43. The van der Waals surface area contributed by atoms with Crippen LogP contribution in [0, 0.1) is 0 Å². The van der Waals surface area contributed by atoms with E-state index in [9.17, 15) is 0 Å². The van der Waals surface area contributed by atoms with E-state index in [1.54, 1.807) is 0 Å². The van der Waals surface area contributed by atoms with Crippen LogP contribution < -0.4 is 4.74 Å². The molecule has 0 N–H and O–H groups in total. The highest BCUT2D eigenvalue weighted by Crippen LogP contribution is 2.09. The molecule has 1 nitrogen and oxygen atoms in total. The monoisotopic (exact) mass is 216 g/mol. The summed E-state index contributed by atoms with van der Waals surface area (Å²) in [7, 11) is 0. The second-order valence-corrected chi connectivity index (χ2v) is 4.07. The second-order valence-electron chi connectivity index (χ2n) is 2.46. The van der Waals surface area contributed by atoms with Crippen LogP contribution in [0.2, 0.25) is 0 Å². The molecule has 0 heterocycles. The molecular formula is C10H13ClOS. The molecule has 1 aromatic rings. The van der Waals surface area contributed by atoms with Crippen molar-refractivity contribution in [2.24, 2.45) is 0 Å². The lowest BCUT2D eigenvalue weighted by atomic mass is 10.3. The Bertz CT molecular complexity index is 215. The van der Waals surface area contributed by atoms with E-state index in [2.05, 4.69) is 0 Å². The zero-order valence-electron chi connectivity index (χ0n) is 7.41. The molecule has 0 radical (unpaired) electrons. The molecule has 0 unspecified atom stereocenters. The maximum absolute atomic E-state index is 5.54. The first-order valence-electron chi connectivity index (χ1n) is 4.25. The van der Waals surface area contributed by atoms with Gasteiger partial charge >= 0.3 is 0 Å². The highest BCUT2D eigenvalue weighted by Gasteiger charge is 1.91. The number of halogens is 1. The summed E-state index contributed by atoms with van der Waals surface area (Å²) in [6.07, 6.45) is 0. The van der Waals surface area contributed by atoms with Crippen molar-refractivity contribution < 1.29 is 4.74 Å². The minimum Gasteiger partial charge on any atom is -0.493 e. The molecule has 0 saturated carbocycles. The van der Waals surface area contributed by atoms with Gasteiger partial charge in [0.05, 0.1) is 6.61 Å². The Labute approximate surface area is 88.4 Å². The van der Waals surface area contributed by atoms with Gasteiger partial charge in [-0.15, -0.1) is 11.6 Å². The number of para-hydroxylation sites is 1. The summed E-state index contributed by atoms with van der Waals surface area (Å²) in [5.74, 6) is 3.66. The minimum atomic E-state index is 0.718. The predicted octanol–water partition coefficient (Wildman–Crippen LogP) is 3.04. The summed E-state index contributed by atoms with van der Waals surface area (Å²) in [5.41, 5.74) is 0. The van der Waals surface area contributed by atoms with E-state index < -0.39 is 0 Å². The first-order valence-corrected chi connectivity index (χ1v) is 5.94. The summed E-state index contributed by atoms with van der Waals surface area (Å²) in [6, 6.07) is 9.86. The Morgan fingerprint density at radius 3 is 2.62 bits per heavy atom. The highest BCUT2D eigenvalue weighted by molar-refractivity contribution is 7.99. The van der Waals surface area contributed by atoms with Gasteiger partial charge in [0.2, 0.25) is 0 Å². The van der Waals surface area contributed by atoms with Crippen molar-refractivity contribution in [3.05, 3.63) is 30.3 Å². The van der Waals surface area contributed by atoms with Crippen LogP contribution in [0.25, 0.3) is 0 Å². The van der Waals surface area contributed by atoms with Crippen molar-refractivity contribution in [3.8, 4) is 5.75 Å². The molecule has 0 aliphatic heterocycles. The standard InChI is InChI=1S/C10H13ClOS/c11-6-8-13-9-7-12-10-4-2-1-3-5-10/h1-5H,6-9H2. The molecule has 1 aromatic carbocycles. The normalized spacial score (nSPS) is 9.92. The molecular weight excluding hydrogens is 204 g/mol. The van der Waals surface area contributed by atoms with Crippen molar-refractivity contribution >= 4 is 23.4 Å². The van der Waals surface area contributed by atoms with Gasteiger partial charge in [0.15, 0.2) is 0 Å². The number of benzene rings is 1. The molecule has 1 rings (SSSR count). The van der Waals surface area contributed by atoms with Gasteiger partial charge in [-0.05, 0) is 12.1 Å². The summed E-state index contributed by atoms with van der Waals surface area (Å²) in [4.78, 5) is 0. The van der Waals surface area contributed by atoms with Crippen LogP contribution in [-0.2, 0) is 0 Å². The van der Waals surface area contributed by atoms with Crippen LogP contribution in [0.5, 0.6) is 5.75 Å². The van der Waals surface area contributed by atoms with Crippen LogP contribution in [0.1, 0.15) is 0 Å². The third-order valence-corrected chi connectivity index (χ3v) is 2.82. The van der Waals surface area contributed by atoms with Gasteiger partial charge in [-0.3, -0.25) is 0 Å². The predicted molar refractivity (Wildman–Crippen MR) is 60.0 cm³/mol. The van der Waals surface area contributed by atoms with Gasteiger partial charge in [-0.1, -0.05) is 18.2 Å². The Morgan fingerprint density at radius 1 is 1.15 bits per heavy atom. The Kier molecular flexibility index (Phi) is 5.87. The smallest absolute Gasteiger partial charge is 0.119 e. The molecule has 0 aliphatic rings. The summed E-state index contributed by atoms with van der Waals surface area (Å²) >= 11 is 7.35. The average Bonchev–Trinajstić information content (AvgIpc) is 2.19. The highest BCUT2D eigenvalue weighted by atomic mass is 35.5. The van der Waals surface area contributed by atoms with Crippen molar-refractivity contribution in [1.82, 2.24) is 0 Å². The molecule has 3 heteroatoms. The van der Waals surface area contributed by atoms with Crippen molar-refractivity contribution in [2.45, 2.75) is 0 Å². The summed E-state index contributed by atoms with van der Waals surface area (Å²) in [5, 5.41) is 0.